The van der Waals surface area contributed by atoms with E-state index in [1.807, 2.05) is 0 Å². The van der Waals surface area contributed by atoms with Crippen molar-refractivity contribution in [3.05, 3.63) is 23.4 Å². The maximum Gasteiger partial charge on any atom is 0.216 e. The third kappa shape index (κ3) is 1.37. The van der Waals surface area contributed by atoms with Crippen molar-refractivity contribution in [2.75, 3.05) is 7.11 Å². The summed E-state index contributed by atoms with van der Waals surface area (Å²) in [5.74, 6) is 0.509. The Morgan fingerprint density at radius 2 is 2.36 bits per heavy atom. The van der Waals surface area contributed by atoms with Crippen LogP contribution in [-0.4, -0.2) is 18.4 Å². The lowest BCUT2D eigenvalue weighted by atomic mass is 10.2. The third-order valence-electron chi connectivity index (χ3n) is 1.52. The van der Waals surface area contributed by atoms with E-state index in [0.717, 1.165) is 11.8 Å². The number of aldehydes is 1. The molecule has 0 unspecified atom stereocenters. The lowest BCUT2D eigenvalue weighted by molar-refractivity contribution is 0.112. The largest absolute Gasteiger partial charge is 0.481 e. The average Bonchev–Trinajstić information content (AvgIpc) is 2.05. The third-order valence-corrected chi connectivity index (χ3v) is 1.52. The number of carbonyl (C=O) groups is 1. The fraction of sp³-hybridized carbons (Fsp3) is 0.250. The zero-order chi connectivity index (χ0) is 8.27. The molecule has 0 aliphatic rings. The molecule has 0 bridgehead atoms. The summed E-state index contributed by atoms with van der Waals surface area (Å²) in [5, 5.41) is 0. The number of hydrogen-bond acceptors (Lipinski definition) is 3. The minimum absolute atomic E-state index is 0.509. The van der Waals surface area contributed by atoms with E-state index in [4.69, 9.17) is 4.74 Å². The first-order valence-electron chi connectivity index (χ1n) is 3.24. The zero-order valence-corrected chi connectivity index (χ0v) is 6.50. The topological polar surface area (TPSA) is 39.2 Å². The van der Waals surface area contributed by atoms with Crippen LogP contribution in [0.3, 0.4) is 0 Å². The first-order chi connectivity index (χ1) is 5.29. The van der Waals surface area contributed by atoms with Gasteiger partial charge in [-0.1, -0.05) is 0 Å². The molecule has 0 amide bonds. The van der Waals surface area contributed by atoms with Crippen LogP contribution < -0.4 is 4.74 Å². The number of hydrogen-bond donors (Lipinski definition) is 0. The van der Waals surface area contributed by atoms with E-state index < -0.39 is 0 Å². The van der Waals surface area contributed by atoms with Gasteiger partial charge in [-0.15, -0.1) is 0 Å². The van der Waals surface area contributed by atoms with Crippen molar-refractivity contribution < 1.29 is 9.53 Å². The normalized spacial score (nSPS) is 9.27. The molecular formula is C8H9NO2. The molecule has 1 aromatic heterocycles. The van der Waals surface area contributed by atoms with Crippen molar-refractivity contribution >= 4 is 6.29 Å². The summed E-state index contributed by atoms with van der Waals surface area (Å²) < 4.78 is 4.92. The number of carbonyl (C=O) groups excluding carboxylic acids is 1. The molecule has 0 saturated heterocycles. The summed E-state index contributed by atoms with van der Waals surface area (Å²) in [6.07, 6.45) is 2.34. The molecule has 0 aromatic carbocycles. The number of ether oxygens (including phenoxy) is 1. The summed E-state index contributed by atoms with van der Waals surface area (Å²) in [6.45, 7) is 1.80. The van der Waals surface area contributed by atoms with Gasteiger partial charge in [0, 0.05) is 17.3 Å². The lowest BCUT2D eigenvalue weighted by Crippen LogP contribution is -1.94. The Morgan fingerprint density at radius 1 is 1.64 bits per heavy atom. The van der Waals surface area contributed by atoms with Crippen molar-refractivity contribution in [2.45, 2.75) is 6.92 Å². The predicted octanol–water partition coefficient (Wildman–Crippen LogP) is 1.21. The van der Waals surface area contributed by atoms with Gasteiger partial charge in [0.15, 0.2) is 6.29 Å². The van der Waals surface area contributed by atoms with Crippen molar-refractivity contribution in [1.29, 1.82) is 0 Å². The molecule has 1 aromatic rings. The van der Waals surface area contributed by atoms with Gasteiger partial charge in [-0.3, -0.25) is 4.79 Å². The van der Waals surface area contributed by atoms with Crippen LogP contribution in [0, 0.1) is 6.92 Å². The van der Waals surface area contributed by atoms with E-state index in [-0.39, 0.29) is 0 Å². The molecule has 0 atom stereocenters. The Kier molecular flexibility index (Phi) is 2.21. The number of rotatable bonds is 2. The standard InChI is InChI=1S/C8H9NO2/c1-6-7(5-10)3-4-9-8(6)11-2/h3-5H,1-2H3. The minimum atomic E-state index is 0.509. The molecule has 3 heteroatoms. The second-order valence-corrected chi connectivity index (χ2v) is 2.15. The summed E-state index contributed by atoms with van der Waals surface area (Å²) in [7, 11) is 1.53. The molecule has 11 heavy (non-hydrogen) atoms. The van der Waals surface area contributed by atoms with E-state index in [2.05, 4.69) is 4.98 Å². The SMILES string of the molecule is COc1nccc(C=O)c1C. The van der Waals surface area contributed by atoms with Gasteiger partial charge in [-0.2, -0.15) is 0 Å². The van der Waals surface area contributed by atoms with Gasteiger partial charge >= 0.3 is 0 Å². The van der Waals surface area contributed by atoms with Crippen LogP contribution in [0.25, 0.3) is 0 Å². The fourth-order valence-electron chi connectivity index (χ4n) is 0.864. The van der Waals surface area contributed by atoms with Crippen LogP contribution in [0.4, 0.5) is 0 Å². The highest BCUT2D eigenvalue weighted by molar-refractivity contribution is 5.77. The fourth-order valence-corrected chi connectivity index (χ4v) is 0.864. The number of aromatic nitrogens is 1. The highest BCUT2D eigenvalue weighted by atomic mass is 16.5. The van der Waals surface area contributed by atoms with Crippen LogP contribution in [0.5, 0.6) is 5.88 Å². The van der Waals surface area contributed by atoms with Crippen LogP contribution in [0.2, 0.25) is 0 Å². The molecule has 58 valence electrons. The van der Waals surface area contributed by atoms with Gasteiger partial charge in [0.1, 0.15) is 0 Å². The van der Waals surface area contributed by atoms with E-state index in [0.29, 0.717) is 11.4 Å². The van der Waals surface area contributed by atoms with Crippen molar-refractivity contribution in [2.24, 2.45) is 0 Å². The van der Waals surface area contributed by atoms with Crippen LogP contribution >= 0.6 is 0 Å². The summed E-state index contributed by atoms with van der Waals surface area (Å²) in [5.41, 5.74) is 1.40. The van der Waals surface area contributed by atoms with Gasteiger partial charge in [-0.25, -0.2) is 4.98 Å². The van der Waals surface area contributed by atoms with E-state index in [1.54, 1.807) is 19.2 Å². The quantitative estimate of drug-likeness (QED) is 0.596. The summed E-state index contributed by atoms with van der Waals surface area (Å²) >= 11 is 0. The second kappa shape index (κ2) is 3.14. The number of nitrogens with zero attached hydrogens (tertiary/aromatic N) is 1. The highest BCUT2D eigenvalue weighted by Gasteiger charge is 2.02. The molecular weight excluding hydrogens is 142 g/mol. The van der Waals surface area contributed by atoms with Gasteiger partial charge in [0.2, 0.25) is 5.88 Å². The Labute approximate surface area is 65.0 Å². The van der Waals surface area contributed by atoms with Gasteiger partial charge in [-0.05, 0) is 13.0 Å². The Hall–Kier alpha value is -1.38. The lowest BCUT2D eigenvalue weighted by Gasteiger charge is -2.02. The summed E-state index contributed by atoms with van der Waals surface area (Å²) in [6, 6.07) is 1.66. The molecule has 0 N–H and O–H groups in total. The van der Waals surface area contributed by atoms with Crippen molar-refractivity contribution in [3.8, 4) is 5.88 Å². The molecule has 1 heterocycles. The highest BCUT2D eigenvalue weighted by Crippen LogP contribution is 2.15. The molecule has 1 rings (SSSR count). The van der Waals surface area contributed by atoms with E-state index in [1.165, 1.54) is 7.11 Å². The Bertz CT molecular complexity index is 271. The van der Waals surface area contributed by atoms with Crippen molar-refractivity contribution in [3.63, 3.8) is 0 Å². The molecule has 0 fully saturated rings. The molecule has 0 spiro atoms. The monoisotopic (exact) mass is 151 g/mol. The van der Waals surface area contributed by atoms with Gasteiger partial charge in [0.25, 0.3) is 0 Å². The average molecular weight is 151 g/mol. The van der Waals surface area contributed by atoms with Crippen LogP contribution in [0.15, 0.2) is 12.3 Å². The van der Waals surface area contributed by atoms with Crippen molar-refractivity contribution in [1.82, 2.24) is 4.98 Å². The molecule has 3 nitrogen and oxygen atoms in total. The molecule has 0 aliphatic heterocycles. The molecule has 0 aliphatic carbocycles. The van der Waals surface area contributed by atoms with Gasteiger partial charge < -0.3 is 4.74 Å². The Morgan fingerprint density at radius 3 is 2.91 bits per heavy atom. The van der Waals surface area contributed by atoms with E-state index >= 15 is 0 Å². The van der Waals surface area contributed by atoms with Crippen LogP contribution in [-0.2, 0) is 0 Å². The number of methoxy groups -OCH3 is 1. The Balaban J connectivity index is 3.20. The molecule has 0 saturated carbocycles. The first kappa shape index (κ1) is 7.72. The minimum Gasteiger partial charge on any atom is -0.481 e. The van der Waals surface area contributed by atoms with Crippen LogP contribution in [0.1, 0.15) is 15.9 Å². The smallest absolute Gasteiger partial charge is 0.216 e. The van der Waals surface area contributed by atoms with E-state index in [9.17, 15) is 4.79 Å². The zero-order valence-electron chi connectivity index (χ0n) is 6.50. The second-order valence-electron chi connectivity index (χ2n) is 2.15. The molecule has 0 radical (unpaired) electrons. The first-order valence-corrected chi connectivity index (χ1v) is 3.24. The summed E-state index contributed by atoms with van der Waals surface area (Å²) in [4.78, 5) is 14.3. The maximum absolute atomic E-state index is 10.4. The maximum atomic E-state index is 10.4. The number of pyridine rings is 1. The predicted molar refractivity (Wildman–Crippen MR) is 40.9 cm³/mol. The van der Waals surface area contributed by atoms with Gasteiger partial charge in [0.05, 0.1) is 7.11 Å².